The Morgan fingerprint density at radius 2 is 1.90 bits per heavy atom. The van der Waals surface area contributed by atoms with Crippen molar-refractivity contribution in [3.05, 3.63) is 72.2 Å². The number of alkyl halides is 1. The minimum absolute atomic E-state index is 0.141. The van der Waals surface area contributed by atoms with E-state index in [0.29, 0.717) is 12.4 Å². The number of benzene rings is 1. The first-order valence-corrected chi connectivity index (χ1v) is 7.17. The van der Waals surface area contributed by atoms with Gasteiger partial charge in [0.2, 0.25) is 0 Å². The Morgan fingerprint density at radius 3 is 2.65 bits per heavy atom. The van der Waals surface area contributed by atoms with E-state index in [-0.39, 0.29) is 6.04 Å². The predicted molar refractivity (Wildman–Crippen MR) is 81.9 cm³/mol. The molecule has 3 nitrogen and oxygen atoms in total. The molecule has 1 aromatic carbocycles. The van der Waals surface area contributed by atoms with Crippen LogP contribution in [0, 0.1) is 0 Å². The average molecular weight is 286 g/mol. The Bertz CT molecular complexity index is 645. The van der Waals surface area contributed by atoms with Gasteiger partial charge in [0.1, 0.15) is 5.65 Å². The smallest absolute Gasteiger partial charge is 0.137 e. The highest BCUT2D eigenvalue weighted by atomic mass is 35.5. The van der Waals surface area contributed by atoms with Crippen LogP contribution < -0.4 is 5.32 Å². The lowest BCUT2D eigenvalue weighted by Gasteiger charge is -2.15. The zero-order valence-corrected chi connectivity index (χ0v) is 11.8. The Balaban J connectivity index is 1.71. The Labute approximate surface area is 123 Å². The fourth-order valence-corrected chi connectivity index (χ4v) is 2.53. The number of aromatic nitrogens is 2. The fourth-order valence-electron chi connectivity index (χ4n) is 2.25. The molecule has 0 aliphatic heterocycles. The van der Waals surface area contributed by atoms with Gasteiger partial charge in [-0.15, -0.1) is 11.6 Å². The molecule has 0 aliphatic carbocycles. The molecule has 2 aromatic heterocycles. The third kappa shape index (κ3) is 2.84. The molecule has 20 heavy (non-hydrogen) atoms. The summed E-state index contributed by atoms with van der Waals surface area (Å²) in [6.45, 7) is 0.702. The largest absolute Gasteiger partial charge is 0.307 e. The van der Waals surface area contributed by atoms with Crippen LogP contribution >= 0.6 is 11.6 Å². The molecule has 4 heteroatoms. The summed E-state index contributed by atoms with van der Waals surface area (Å²) in [4.78, 5) is 4.57. The first kappa shape index (κ1) is 13.2. The molecule has 0 saturated heterocycles. The Hall–Kier alpha value is -1.84. The van der Waals surface area contributed by atoms with E-state index in [0.717, 1.165) is 11.3 Å². The predicted octanol–water partition coefficient (Wildman–Crippen LogP) is 3.40. The van der Waals surface area contributed by atoms with Crippen molar-refractivity contribution in [2.24, 2.45) is 0 Å². The minimum atomic E-state index is 0.141. The molecule has 1 unspecified atom stereocenters. The van der Waals surface area contributed by atoms with Crippen molar-refractivity contribution in [2.75, 3.05) is 5.88 Å². The van der Waals surface area contributed by atoms with Gasteiger partial charge in [-0.3, -0.25) is 0 Å². The van der Waals surface area contributed by atoms with Crippen LogP contribution in [-0.2, 0) is 6.54 Å². The maximum Gasteiger partial charge on any atom is 0.137 e. The van der Waals surface area contributed by atoms with Crippen LogP contribution in [0.1, 0.15) is 17.3 Å². The number of nitrogens with zero attached hydrogens (tertiary/aromatic N) is 2. The summed E-state index contributed by atoms with van der Waals surface area (Å²) >= 11 is 6.06. The van der Waals surface area contributed by atoms with Crippen LogP contribution in [0.25, 0.3) is 5.65 Å². The first-order chi connectivity index (χ1) is 9.86. The van der Waals surface area contributed by atoms with Crippen molar-refractivity contribution < 1.29 is 0 Å². The quantitative estimate of drug-likeness (QED) is 0.728. The maximum absolute atomic E-state index is 6.06. The van der Waals surface area contributed by atoms with E-state index in [1.165, 1.54) is 5.56 Å². The minimum Gasteiger partial charge on any atom is -0.307 e. The Kier molecular flexibility index (Phi) is 4.00. The molecule has 0 bridgehead atoms. The standard InChI is InChI=1S/C16H16ClN3/c17-10-15(13-6-2-1-3-7-13)18-11-14-12-20-9-5-4-8-16(20)19-14/h1-9,12,15,18H,10-11H2. The van der Waals surface area contributed by atoms with Crippen molar-refractivity contribution in [1.29, 1.82) is 0 Å². The van der Waals surface area contributed by atoms with Crippen molar-refractivity contribution in [1.82, 2.24) is 14.7 Å². The van der Waals surface area contributed by atoms with Crippen LogP contribution in [0.15, 0.2) is 60.9 Å². The molecule has 1 N–H and O–H groups in total. The first-order valence-electron chi connectivity index (χ1n) is 6.64. The highest BCUT2D eigenvalue weighted by molar-refractivity contribution is 6.18. The highest BCUT2D eigenvalue weighted by Gasteiger charge is 2.10. The number of hydrogen-bond donors (Lipinski definition) is 1. The van der Waals surface area contributed by atoms with Crippen molar-refractivity contribution in [3.8, 4) is 0 Å². The van der Waals surface area contributed by atoms with Gasteiger partial charge in [0.15, 0.2) is 0 Å². The van der Waals surface area contributed by atoms with Gasteiger partial charge >= 0.3 is 0 Å². The lowest BCUT2D eigenvalue weighted by atomic mass is 10.1. The van der Waals surface area contributed by atoms with Gasteiger partial charge in [-0.05, 0) is 17.7 Å². The van der Waals surface area contributed by atoms with E-state index in [9.17, 15) is 0 Å². The van der Waals surface area contributed by atoms with Crippen LogP contribution in [0.3, 0.4) is 0 Å². The van der Waals surface area contributed by atoms with E-state index in [1.54, 1.807) is 0 Å². The molecular formula is C16H16ClN3. The number of halogens is 1. The Morgan fingerprint density at radius 1 is 1.10 bits per heavy atom. The van der Waals surface area contributed by atoms with Gasteiger partial charge in [0.25, 0.3) is 0 Å². The summed E-state index contributed by atoms with van der Waals surface area (Å²) in [5.74, 6) is 0.539. The molecular weight excluding hydrogens is 270 g/mol. The molecule has 0 radical (unpaired) electrons. The normalized spacial score (nSPS) is 12.7. The van der Waals surface area contributed by atoms with Gasteiger partial charge < -0.3 is 9.72 Å². The molecule has 0 spiro atoms. The van der Waals surface area contributed by atoms with Gasteiger partial charge in [0.05, 0.1) is 5.69 Å². The number of imidazole rings is 1. The number of rotatable bonds is 5. The van der Waals surface area contributed by atoms with Gasteiger partial charge in [0, 0.05) is 30.9 Å². The van der Waals surface area contributed by atoms with Crippen molar-refractivity contribution in [2.45, 2.75) is 12.6 Å². The van der Waals surface area contributed by atoms with Gasteiger partial charge in [-0.25, -0.2) is 4.98 Å². The molecule has 0 fully saturated rings. The second-order valence-electron chi connectivity index (χ2n) is 4.70. The summed E-state index contributed by atoms with van der Waals surface area (Å²) < 4.78 is 2.02. The summed E-state index contributed by atoms with van der Waals surface area (Å²) in [6.07, 6.45) is 4.04. The third-order valence-corrected chi connectivity index (χ3v) is 3.61. The second-order valence-corrected chi connectivity index (χ2v) is 5.01. The molecule has 3 rings (SSSR count). The molecule has 2 heterocycles. The zero-order chi connectivity index (χ0) is 13.8. The van der Waals surface area contributed by atoms with Crippen LogP contribution in [0.2, 0.25) is 0 Å². The number of nitrogens with one attached hydrogen (secondary N) is 1. The van der Waals surface area contributed by atoms with E-state index in [2.05, 4.69) is 22.4 Å². The van der Waals surface area contributed by atoms with Crippen LogP contribution in [0.4, 0.5) is 0 Å². The molecule has 3 aromatic rings. The van der Waals surface area contributed by atoms with E-state index < -0.39 is 0 Å². The lowest BCUT2D eigenvalue weighted by Crippen LogP contribution is -2.22. The monoisotopic (exact) mass is 285 g/mol. The van der Waals surface area contributed by atoms with E-state index in [1.807, 2.05) is 53.2 Å². The molecule has 0 saturated carbocycles. The second kappa shape index (κ2) is 6.07. The molecule has 0 amide bonds. The van der Waals surface area contributed by atoms with Crippen LogP contribution in [0.5, 0.6) is 0 Å². The zero-order valence-electron chi connectivity index (χ0n) is 11.0. The van der Waals surface area contributed by atoms with E-state index in [4.69, 9.17) is 11.6 Å². The third-order valence-electron chi connectivity index (χ3n) is 3.30. The number of fused-ring (bicyclic) bond motifs is 1. The lowest BCUT2D eigenvalue weighted by molar-refractivity contribution is 0.574. The summed E-state index contributed by atoms with van der Waals surface area (Å²) in [6, 6.07) is 16.4. The highest BCUT2D eigenvalue weighted by Crippen LogP contribution is 2.15. The molecule has 102 valence electrons. The maximum atomic E-state index is 6.06. The SMILES string of the molecule is ClCC(NCc1cn2ccccc2n1)c1ccccc1. The number of hydrogen-bond acceptors (Lipinski definition) is 2. The fraction of sp³-hybridized carbons (Fsp3) is 0.188. The molecule has 1 atom stereocenters. The summed E-state index contributed by atoms with van der Waals surface area (Å²) in [5, 5.41) is 3.46. The summed E-state index contributed by atoms with van der Waals surface area (Å²) in [7, 11) is 0. The summed E-state index contributed by atoms with van der Waals surface area (Å²) in [5.41, 5.74) is 3.18. The average Bonchev–Trinajstić information content (AvgIpc) is 2.92. The van der Waals surface area contributed by atoms with Crippen molar-refractivity contribution in [3.63, 3.8) is 0 Å². The van der Waals surface area contributed by atoms with Crippen LogP contribution in [-0.4, -0.2) is 15.3 Å². The topological polar surface area (TPSA) is 29.3 Å². The van der Waals surface area contributed by atoms with Crippen molar-refractivity contribution >= 4 is 17.2 Å². The van der Waals surface area contributed by atoms with Gasteiger partial charge in [-0.1, -0.05) is 36.4 Å². The molecule has 0 aliphatic rings. The van der Waals surface area contributed by atoms with E-state index >= 15 is 0 Å². The number of pyridine rings is 1. The van der Waals surface area contributed by atoms with Gasteiger partial charge in [-0.2, -0.15) is 0 Å².